The van der Waals surface area contributed by atoms with E-state index in [1.807, 2.05) is 12.1 Å². The fourth-order valence-corrected chi connectivity index (χ4v) is 2.18. The van der Waals surface area contributed by atoms with Crippen LogP contribution < -0.4 is 10.6 Å². The predicted molar refractivity (Wildman–Crippen MR) is 66.0 cm³/mol. The summed E-state index contributed by atoms with van der Waals surface area (Å²) in [6.07, 6.45) is 1.30. The first kappa shape index (κ1) is 10.3. The molecule has 1 saturated heterocycles. The first-order chi connectivity index (χ1) is 7.16. The Hall–Kier alpha value is -1.18. The van der Waals surface area contributed by atoms with Gasteiger partial charge in [0.2, 0.25) is 0 Å². The molecule has 0 bridgehead atoms. The van der Waals surface area contributed by atoms with Gasteiger partial charge in [-0.15, -0.1) is 0 Å². The number of anilines is 2. The van der Waals surface area contributed by atoms with Gasteiger partial charge in [0.25, 0.3) is 0 Å². The van der Waals surface area contributed by atoms with Gasteiger partial charge in [0.15, 0.2) is 0 Å². The Kier molecular flexibility index (Phi) is 2.85. The summed E-state index contributed by atoms with van der Waals surface area (Å²) in [5.74, 6) is 1.64. The van der Waals surface area contributed by atoms with Crippen molar-refractivity contribution in [2.75, 3.05) is 23.7 Å². The molecule has 2 N–H and O–H groups in total. The average molecular weight is 204 g/mol. The van der Waals surface area contributed by atoms with Crippen LogP contribution in [0.1, 0.15) is 20.3 Å². The normalized spacial score (nSPS) is 26.7. The summed E-state index contributed by atoms with van der Waals surface area (Å²) in [6.45, 7) is 7.04. The van der Waals surface area contributed by atoms with E-state index in [1.165, 1.54) is 25.2 Å². The van der Waals surface area contributed by atoms with Crippen LogP contribution in [0.25, 0.3) is 0 Å². The third kappa shape index (κ3) is 2.25. The highest BCUT2D eigenvalue weighted by molar-refractivity contribution is 5.53. The molecule has 2 nitrogen and oxygen atoms in total. The molecule has 1 aliphatic rings. The molecule has 1 aromatic rings. The van der Waals surface area contributed by atoms with Crippen molar-refractivity contribution in [1.82, 2.24) is 0 Å². The Bertz CT molecular complexity index is 318. The molecule has 2 atom stereocenters. The van der Waals surface area contributed by atoms with Crippen LogP contribution in [0.4, 0.5) is 11.4 Å². The van der Waals surface area contributed by atoms with Crippen LogP contribution in [0, 0.1) is 11.8 Å². The summed E-state index contributed by atoms with van der Waals surface area (Å²) >= 11 is 0. The molecule has 0 aliphatic carbocycles. The summed E-state index contributed by atoms with van der Waals surface area (Å²) in [6, 6.07) is 8.21. The van der Waals surface area contributed by atoms with Gasteiger partial charge in [-0.05, 0) is 42.5 Å². The minimum absolute atomic E-state index is 0.788. The van der Waals surface area contributed by atoms with Gasteiger partial charge < -0.3 is 10.6 Å². The van der Waals surface area contributed by atoms with Crippen LogP contribution in [0.5, 0.6) is 0 Å². The Morgan fingerprint density at radius 1 is 1.13 bits per heavy atom. The van der Waals surface area contributed by atoms with Crippen molar-refractivity contribution in [2.24, 2.45) is 11.8 Å². The number of nitrogens with zero attached hydrogens (tertiary/aromatic N) is 1. The Morgan fingerprint density at radius 3 is 2.40 bits per heavy atom. The summed E-state index contributed by atoms with van der Waals surface area (Å²) in [5, 5.41) is 0. The SMILES string of the molecule is CC1CCN(c2ccc(N)cc2)CC1C. The highest BCUT2D eigenvalue weighted by Gasteiger charge is 2.22. The van der Waals surface area contributed by atoms with Crippen LogP contribution in [-0.2, 0) is 0 Å². The number of nitrogen functional groups attached to an aromatic ring is 1. The molecule has 1 aliphatic heterocycles. The van der Waals surface area contributed by atoms with Crippen LogP contribution in [0.2, 0.25) is 0 Å². The maximum atomic E-state index is 5.69. The molecular weight excluding hydrogens is 184 g/mol. The number of benzene rings is 1. The van der Waals surface area contributed by atoms with Crippen molar-refractivity contribution in [3.05, 3.63) is 24.3 Å². The number of rotatable bonds is 1. The summed E-state index contributed by atoms with van der Waals surface area (Å²) in [4.78, 5) is 2.46. The van der Waals surface area contributed by atoms with Crippen molar-refractivity contribution in [3.63, 3.8) is 0 Å². The van der Waals surface area contributed by atoms with Gasteiger partial charge in [0.1, 0.15) is 0 Å². The fraction of sp³-hybridized carbons (Fsp3) is 0.538. The lowest BCUT2D eigenvalue weighted by atomic mass is 9.88. The van der Waals surface area contributed by atoms with Gasteiger partial charge >= 0.3 is 0 Å². The van der Waals surface area contributed by atoms with Crippen LogP contribution in [0.15, 0.2) is 24.3 Å². The van der Waals surface area contributed by atoms with Crippen molar-refractivity contribution >= 4 is 11.4 Å². The number of hydrogen-bond donors (Lipinski definition) is 1. The number of piperidine rings is 1. The second-order valence-electron chi connectivity index (χ2n) is 4.78. The molecular formula is C13H20N2. The smallest absolute Gasteiger partial charge is 0.0367 e. The summed E-state index contributed by atoms with van der Waals surface area (Å²) in [7, 11) is 0. The minimum Gasteiger partial charge on any atom is -0.399 e. The van der Waals surface area contributed by atoms with Crippen molar-refractivity contribution in [2.45, 2.75) is 20.3 Å². The molecule has 0 radical (unpaired) electrons. The third-order valence-corrected chi connectivity index (χ3v) is 3.59. The molecule has 0 spiro atoms. The zero-order chi connectivity index (χ0) is 10.8. The molecule has 2 unspecified atom stereocenters. The minimum atomic E-state index is 0.788. The Morgan fingerprint density at radius 2 is 1.80 bits per heavy atom. The van der Waals surface area contributed by atoms with Crippen LogP contribution in [0.3, 0.4) is 0 Å². The molecule has 1 fully saturated rings. The standard InChI is InChI=1S/C13H20N2/c1-10-7-8-15(9-11(10)2)13-5-3-12(14)4-6-13/h3-6,10-11H,7-9,14H2,1-2H3. The van der Waals surface area contributed by atoms with Gasteiger partial charge in [-0.3, -0.25) is 0 Å². The van der Waals surface area contributed by atoms with Gasteiger partial charge in [-0.1, -0.05) is 13.8 Å². The molecule has 2 heteroatoms. The molecule has 1 aromatic carbocycles. The van der Waals surface area contributed by atoms with Gasteiger partial charge in [-0.25, -0.2) is 0 Å². The van der Waals surface area contributed by atoms with E-state index in [-0.39, 0.29) is 0 Å². The lowest BCUT2D eigenvalue weighted by molar-refractivity contribution is 0.324. The average Bonchev–Trinajstić information content (AvgIpc) is 2.23. The summed E-state index contributed by atoms with van der Waals surface area (Å²) < 4.78 is 0. The number of nitrogens with two attached hydrogens (primary N) is 1. The zero-order valence-corrected chi connectivity index (χ0v) is 9.61. The van der Waals surface area contributed by atoms with Crippen molar-refractivity contribution in [3.8, 4) is 0 Å². The Balaban J connectivity index is 2.08. The molecule has 2 rings (SSSR count). The monoisotopic (exact) mass is 204 g/mol. The van der Waals surface area contributed by atoms with E-state index in [1.54, 1.807) is 0 Å². The van der Waals surface area contributed by atoms with Gasteiger partial charge in [-0.2, -0.15) is 0 Å². The van der Waals surface area contributed by atoms with Crippen LogP contribution in [-0.4, -0.2) is 13.1 Å². The van der Waals surface area contributed by atoms with E-state index in [9.17, 15) is 0 Å². The molecule has 0 aromatic heterocycles. The lowest BCUT2D eigenvalue weighted by Gasteiger charge is -2.36. The maximum absolute atomic E-state index is 5.69. The predicted octanol–water partition coefficient (Wildman–Crippen LogP) is 2.75. The molecule has 0 amide bonds. The van der Waals surface area contributed by atoms with Crippen LogP contribution >= 0.6 is 0 Å². The second kappa shape index (κ2) is 4.13. The largest absolute Gasteiger partial charge is 0.399 e. The van der Waals surface area contributed by atoms with E-state index < -0.39 is 0 Å². The van der Waals surface area contributed by atoms with E-state index in [0.29, 0.717) is 0 Å². The molecule has 82 valence electrons. The maximum Gasteiger partial charge on any atom is 0.0367 e. The quantitative estimate of drug-likeness (QED) is 0.713. The van der Waals surface area contributed by atoms with Gasteiger partial charge in [0.05, 0.1) is 0 Å². The summed E-state index contributed by atoms with van der Waals surface area (Å²) in [5.41, 5.74) is 7.84. The van der Waals surface area contributed by atoms with E-state index >= 15 is 0 Å². The zero-order valence-electron chi connectivity index (χ0n) is 9.61. The highest BCUT2D eigenvalue weighted by atomic mass is 15.1. The van der Waals surface area contributed by atoms with E-state index in [0.717, 1.165) is 17.5 Å². The number of hydrogen-bond acceptors (Lipinski definition) is 2. The van der Waals surface area contributed by atoms with Crippen molar-refractivity contribution in [1.29, 1.82) is 0 Å². The third-order valence-electron chi connectivity index (χ3n) is 3.59. The fourth-order valence-electron chi connectivity index (χ4n) is 2.18. The topological polar surface area (TPSA) is 29.3 Å². The molecule has 0 saturated carbocycles. The first-order valence-electron chi connectivity index (χ1n) is 5.77. The van der Waals surface area contributed by atoms with E-state index in [2.05, 4.69) is 30.9 Å². The lowest BCUT2D eigenvalue weighted by Crippen LogP contribution is -2.38. The molecule has 15 heavy (non-hydrogen) atoms. The first-order valence-corrected chi connectivity index (χ1v) is 5.77. The van der Waals surface area contributed by atoms with Crippen molar-refractivity contribution < 1.29 is 0 Å². The highest BCUT2D eigenvalue weighted by Crippen LogP contribution is 2.27. The van der Waals surface area contributed by atoms with Gasteiger partial charge in [0, 0.05) is 24.5 Å². The van der Waals surface area contributed by atoms with E-state index in [4.69, 9.17) is 5.73 Å². The second-order valence-corrected chi connectivity index (χ2v) is 4.78. The Labute approximate surface area is 92.1 Å². The molecule has 1 heterocycles.